The van der Waals surface area contributed by atoms with Gasteiger partial charge in [0.05, 0.1) is 17.5 Å². The molecule has 7 aliphatic heterocycles. The van der Waals surface area contributed by atoms with Crippen LogP contribution in [0.3, 0.4) is 0 Å². The van der Waals surface area contributed by atoms with E-state index in [1.807, 2.05) is 26.3 Å². The predicted molar refractivity (Wildman–Crippen MR) is 244 cm³/mol. The lowest BCUT2D eigenvalue weighted by Crippen LogP contribution is -3.04. The fraction of sp³-hybridized carbons (Fsp3) is 0.468. The van der Waals surface area contributed by atoms with Gasteiger partial charge in [0.25, 0.3) is 0 Å². The number of aryl methyl sites for hydroxylation is 2. The number of nitrogens with one attached hydrogen (secondary N) is 2. The molecule has 8 aliphatic rings. The van der Waals surface area contributed by atoms with Crippen molar-refractivity contribution in [2.75, 3.05) is 37.4 Å². The lowest BCUT2D eigenvalue weighted by molar-refractivity contribution is -0.852. The van der Waals surface area contributed by atoms with Crippen LogP contribution in [0.4, 0.5) is 11.6 Å². The number of benzene rings is 1. The van der Waals surface area contributed by atoms with Gasteiger partial charge >= 0.3 is 5.97 Å². The molecule has 14 nitrogen and oxygen atoms in total. The van der Waals surface area contributed by atoms with Gasteiger partial charge in [-0.1, -0.05) is 21.6 Å². The number of phenolic OH excluding ortho intramolecular Hbond substituents is 1. The molecule has 9 atom stereocenters. The fourth-order valence-corrected chi connectivity index (χ4v) is 14.0. The SMILES string of the molecule is CNC[C@H]1C[C@H]2CC[C@@H]1[C@H]1c3c(cc4oc(C)cc(=O)c4c3O)O[C@@]3(C)CCSSCc4c(cc(C[NH+]5C=C6N=CC=C6C5)nc4N)-c4cc(cc(N)n4)CC[C@H]4O[C@]24C(=O)O[C@H]13. The van der Waals surface area contributed by atoms with Crippen molar-refractivity contribution in [2.45, 2.75) is 94.0 Å². The molecule has 10 heterocycles. The molecule has 0 radical (unpaired) electrons. The van der Waals surface area contributed by atoms with Gasteiger partial charge in [-0.15, -0.1) is 0 Å². The second kappa shape index (κ2) is 15.4. The topological polar surface area (TPSA) is 205 Å². The Labute approximate surface area is 372 Å². The summed E-state index contributed by atoms with van der Waals surface area (Å²) < 4.78 is 26.6. The highest BCUT2D eigenvalue weighted by atomic mass is 33.1. The van der Waals surface area contributed by atoms with Gasteiger partial charge in [-0.25, -0.2) is 14.8 Å². The van der Waals surface area contributed by atoms with Gasteiger partial charge in [0.2, 0.25) is 0 Å². The number of aromatic hydroxyl groups is 1. The molecule has 4 fully saturated rings. The molecule has 3 aromatic heterocycles. The van der Waals surface area contributed by atoms with E-state index < -0.39 is 23.2 Å². The molecule has 0 amide bonds. The number of quaternary nitrogens is 1. The van der Waals surface area contributed by atoms with E-state index in [-0.39, 0.29) is 52.0 Å². The molecule has 7 N–H and O–H groups in total. The van der Waals surface area contributed by atoms with Crippen molar-refractivity contribution in [3.05, 3.63) is 92.2 Å². The number of nitrogens with two attached hydrogens (primary N) is 2. The normalized spacial score (nSPS) is 31.8. The van der Waals surface area contributed by atoms with Gasteiger partial charge in [-0.2, -0.15) is 0 Å². The van der Waals surface area contributed by atoms with Gasteiger partial charge < -0.3 is 40.5 Å². The number of fused-ring (bicyclic) bond motifs is 9. The summed E-state index contributed by atoms with van der Waals surface area (Å²) in [7, 11) is 5.31. The van der Waals surface area contributed by atoms with E-state index in [0.717, 1.165) is 59.6 Å². The Hall–Kier alpha value is -4.87. The van der Waals surface area contributed by atoms with Crippen molar-refractivity contribution < 1.29 is 33.4 Å². The quantitative estimate of drug-likeness (QED) is 0.102. The first-order valence-corrected chi connectivity index (χ1v) is 24.5. The number of hydrogen-bond acceptors (Lipinski definition) is 15. The molecule has 63 heavy (non-hydrogen) atoms. The number of pyridine rings is 2. The minimum atomic E-state index is -1.12. The summed E-state index contributed by atoms with van der Waals surface area (Å²) in [6.45, 7) is 5.91. The third kappa shape index (κ3) is 6.86. The molecule has 1 spiro atoms. The summed E-state index contributed by atoms with van der Waals surface area (Å²) in [4.78, 5) is 44.1. The highest BCUT2D eigenvalue weighted by molar-refractivity contribution is 8.76. The van der Waals surface area contributed by atoms with Crippen molar-refractivity contribution in [3.8, 4) is 22.8 Å². The van der Waals surface area contributed by atoms with Crippen LogP contribution in [0.2, 0.25) is 0 Å². The number of aromatic nitrogens is 2. The van der Waals surface area contributed by atoms with Crippen LogP contribution in [0.5, 0.6) is 11.5 Å². The van der Waals surface area contributed by atoms with Crippen molar-refractivity contribution in [1.82, 2.24) is 15.3 Å². The summed E-state index contributed by atoms with van der Waals surface area (Å²) in [5.74, 6) is 1.99. The monoisotopic (exact) mass is 890 g/mol. The van der Waals surface area contributed by atoms with E-state index in [4.69, 9.17) is 40.1 Å². The molecule has 328 valence electrons. The molecule has 1 aliphatic carbocycles. The van der Waals surface area contributed by atoms with E-state index in [2.05, 4.69) is 34.7 Å². The number of nitrogens with zero attached hydrogens (tertiary/aromatic N) is 3. The van der Waals surface area contributed by atoms with Gasteiger partial charge in [-0.05, 0) is 101 Å². The third-order valence-electron chi connectivity index (χ3n) is 14.6. The number of phenols is 1. The zero-order chi connectivity index (χ0) is 43.4. The van der Waals surface area contributed by atoms with Gasteiger partial charge in [0.15, 0.2) is 11.0 Å². The van der Waals surface area contributed by atoms with E-state index in [1.165, 1.54) is 16.5 Å². The van der Waals surface area contributed by atoms with Crippen LogP contribution in [0.1, 0.15) is 73.1 Å². The summed E-state index contributed by atoms with van der Waals surface area (Å²) in [5, 5.41) is 15.8. The lowest BCUT2D eigenvalue weighted by atomic mass is 9.61. The highest BCUT2D eigenvalue weighted by Gasteiger charge is 2.71. The van der Waals surface area contributed by atoms with Crippen LogP contribution >= 0.6 is 21.6 Å². The standard InChI is InChI=1S/C47H51N7O7S2/c1-23-12-34(55)40-35(58-23)17-36-41(42(40)56)39-29-6-5-27(15-26(29)18-50-3)47-37(61-47)7-4-24-13-32(53-38(48)14-24)30-16-28(20-54-19-25-8-10-51-33(25)21-54)52-44(49)31(30)22-63-62-11-9-46(2,60-36)43(39)59-45(47)57/h8,10,12-14,16-17,21,26-27,29,37,39,43,50,56H,4-7,9,11,15,18-20,22H2,1-3H3,(H2,48,53)(H2,49,52)/p+1/t26-,27-,29+,37-,39+,43-,46+,47-/m1/s1. The Bertz CT molecular complexity index is 2740. The van der Waals surface area contributed by atoms with E-state index in [9.17, 15) is 9.90 Å². The molecule has 1 unspecified atom stereocenters. The molecule has 1 saturated carbocycles. The van der Waals surface area contributed by atoms with Crippen LogP contribution in [0, 0.1) is 24.7 Å². The van der Waals surface area contributed by atoms with Crippen LogP contribution in [0.15, 0.2) is 68.1 Å². The first-order valence-electron chi connectivity index (χ1n) is 22.0. The third-order valence-corrected chi connectivity index (χ3v) is 16.9. The first-order chi connectivity index (χ1) is 30.4. The Morgan fingerprint density at radius 2 is 1.95 bits per heavy atom. The Balaban J connectivity index is 1.00. The number of epoxide rings is 1. The molecule has 1 aromatic carbocycles. The minimum Gasteiger partial charge on any atom is -0.507 e. The van der Waals surface area contributed by atoms with Gasteiger partial charge in [-0.3, -0.25) is 14.7 Å². The highest BCUT2D eigenvalue weighted by Crippen LogP contribution is 2.62. The van der Waals surface area contributed by atoms with Crippen LogP contribution in [-0.2, 0) is 33.0 Å². The maximum Gasteiger partial charge on any atom is 0.341 e. The lowest BCUT2D eigenvalue weighted by Gasteiger charge is -2.50. The number of anilines is 2. The van der Waals surface area contributed by atoms with Gasteiger partial charge in [0.1, 0.15) is 76.6 Å². The summed E-state index contributed by atoms with van der Waals surface area (Å²) >= 11 is 0. The van der Waals surface area contributed by atoms with E-state index in [1.54, 1.807) is 34.6 Å². The zero-order valence-electron chi connectivity index (χ0n) is 35.6. The van der Waals surface area contributed by atoms with Crippen LogP contribution in [0.25, 0.3) is 22.2 Å². The van der Waals surface area contributed by atoms with Crippen molar-refractivity contribution in [2.24, 2.45) is 22.7 Å². The zero-order valence-corrected chi connectivity index (χ0v) is 37.2. The molecular formula is C47H52N7O7S2+. The van der Waals surface area contributed by atoms with E-state index >= 15 is 4.79 Å². The second-order valence-corrected chi connectivity index (χ2v) is 21.2. The molecule has 12 rings (SSSR count). The molecule has 3 saturated heterocycles. The molecular weight excluding hydrogens is 839 g/mol. The second-order valence-electron chi connectivity index (χ2n) is 18.6. The number of allylic oxidation sites excluding steroid dienone is 1. The number of carbonyl (C=O) groups is 1. The smallest absolute Gasteiger partial charge is 0.341 e. The van der Waals surface area contributed by atoms with Crippen molar-refractivity contribution in [3.63, 3.8) is 0 Å². The molecule has 6 bridgehead atoms. The largest absolute Gasteiger partial charge is 0.507 e. The first kappa shape index (κ1) is 40.9. The number of rotatable bonds is 4. The minimum absolute atomic E-state index is 0.00169. The number of nitrogen functional groups attached to an aromatic ring is 2. The fourth-order valence-electron chi connectivity index (χ4n) is 11.7. The van der Waals surface area contributed by atoms with Crippen LogP contribution in [-0.4, -0.2) is 76.6 Å². The Kier molecular flexibility index (Phi) is 9.99. The predicted octanol–water partition coefficient (Wildman–Crippen LogP) is 5.15. The van der Waals surface area contributed by atoms with Gasteiger partial charge in [0, 0.05) is 70.4 Å². The Morgan fingerprint density at radius 3 is 2.79 bits per heavy atom. The molecule has 16 heteroatoms. The maximum absolute atomic E-state index is 15.1. The average Bonchev–Trinajstić information content (AvgIpc) is 3.58. The summed E-state index contributed by atoms with van der Waals surface area (Å²) in [5.41, 5.74) is 18.3. The number of carbonyl (C=O) groups excluding carboxylic acids is 1. The number of esters is 1. The number of ether oxygens (including phenoxy) is 3. The maximum atomic E-state index is 15.1. The summed E-state index contributed by atoms with van der Waals surface area (Å²) in [6, 6.07) is 9.24. The van der Waals surface area contributed by atoms with Crippen molar-refractivity contribution >= 4 is 56.4 Å². The van der Waals surface area contributed by atoms with Crippen LogP contribution < -0.4 is 31.8 Å². The average molecular weight is 891 g/mol. The summed E-state index contributed by atoms with van der Waals surface area (Å²) in [6.07, 6.45) is 8.89. The number of hydrogen-bond donors (Lipinski definition) is 5. The number of aliphatic imine (C=N–C) groups is 1. The Morgan fingerprint density at radius 1 is 1.08 bits per heavy atom. The molecule has 4 aromatic rings. The van der Waals surface area contributed by atoms with Crippen molar-refractivity contribution in [1.29, 1.82) is 0 Å². The van der Waals surface area contributed by atoms with E-state index in [0.29, 0.717) is 72.6 Å².